The zero-order chi connectivity index (χ0) is 14.3. The van der Waals surface area contributed by atoms with Crippen LogP contribution in [-0.4, -0.2) is 33.7 Å². The van der Waals surface area contributed by atoms with Gasteiger partial charge in [0.15, 0.2) is 0 Å². The van der Waals surface area contributed by atoms with Crippen molar-refractivity contribution in [1.82, 2.24) is 14.9 Å². The fourth-order valence-corrected chi connectivity index (χ4v) is 1.44. The van der Waals surface area contributed by atoms with Crippen molar-refractivity contribution in [2.75, 3.05) is 6.54 Å². The number of hydrogen-bond acceptors (Lipinski definition) is 4. The van der Waals surface area contributed by atoms with Crippen molar-refractivity contribution in [1.29, 1.82) is 0 Å². The van der Waals surface area contributed by atoms with Crippen molar-refractivity contribution in [2.24, 2.45) is 0 Å². The third kappa shape index (κ3) is 6.59. The summed E-state index contributed by atoms with van der Waals surface area (Å²) >= 11 is 0. The molecule has 0 bridgehead atoms. The minimum Gasteiger partial charge on any atom is -0.444 e. The van der Waals surface area contributed by atoms with Gasteiger partial charge in [-0.15, -0.1) is 0 Å². The Kier molecular flexibility index (Phi) is 5.54. The fraction of sp³-hybridized carbons (Fsp3) is 0.615. The zero-order valence-electron chi connectivity index (χ0n) is 11.7. The molecule has 0 saturated carbocycles. The summed E-state index contributed by atoms with van der Waals surface area (Å²) < 4.78 is 6.55. The molecule has 1 rings (SSSR count). The van der Waals surface area contributed by atoms with Gasteiger partial charge in [-0.25, -0.2) is 9.78 Å². The van der Waals surface area contributed by atoms with Gasteiger partial charge >= 0.3 is 6.09 Å². The Balaban J connectivity index is 2.09. The average Bonchev–Trinajstić information content (AvgIpc) is 2.79. The van der Waals surface area contributed by atoms with Crippen LogP contribution in [0.2, 0.25) is 0 Å². The van der Waals surface area contributed by atoms with Crippen molar-refractivity contribution in [2.45, 2.75) is 45.6 Å². The van der Waals surface area contributed by atoms with Crippen molar-refractivity contribution in [3.8, 4) is 0 Å². The predicted molar refractivity (Wildman–Crippen MR) is 70.9 cm³/mol. The van der Waals surface area contributed by atoms with Crippen LogP contribution in [0.1, 0.15) is 44.8 Å². The smallest absolute Gasteiger partial charge is 0.407 e. The minimum atomic E-state index is -0.485. The minimum absolute atomic E-state index is 0.00904. The molecule has 0 radical (unpaired) electrons. The Hall–Kier alpha value is -1.85. The summed E-state index contributed by atoms with van der Waals surface area (Å²) in [4.78, 5) is 26.7. The van der Waals surface area contributed by atoms with Crippen molar-refractivity contribution in [3.63, 3.8) is 0 Å². The predicted octanol–water partition coefficient (Wildman–Crippen LogP) is 2.22. The number of unbranched alkanes of at least 4 members (excludes halogenated alkanes) is 1. The van der Waals surface area contributed by atoms with E-state index in [0.717, 1.165) is 6.42 Å². The number of imidazole rings is 1. The highest BCUT2D eigenvalue weighted by atomic mass is 16.6. The molecular formula is C13H21N3O3. The second-order valence-corrected chi connectivity index (χ2v) is 5.25. The van der Waals surface area contributed by atoms with Crippen LogP contribution in [0.5, 0.6) is 0 Å². The summed E-state index contributed by atoms with van der Waals surface area (Å²) in [6.45, 7) is 5.95. The van der Waals surface area contributed by atoms with Gasteiger partial charge in [0.05, 0.1) is 0 Å². The van der Waals surface area contributed by atoms with Crippen LogP contribution in [-0.2, 0) is 4.74 Å². The zero-order valence-corrected chi connectivity index (χ0v) is 11.7. The van der Waals surface area contributed by atoms with Crippen molar-refractivity contribution in [3.05, 3.63) is 18.7 Å². The number of ether oxygens (including phenoxy) is 1. The van der Waals surface area contributed by atoms with E-state index in [0.29, 0.717) is 19.4 Å². The number of nitrogens with zero attached hydrogens (tertiary/aromatic N) is 2. The highest BCUT2D eigenvalue weighted by Gasteiger charge is 2.15. The van der Waals surface area contributed by atoms with Crippen LogP contribution < -0.4 is 5.32 Å². The maximum atomic E-state index is 11.6. The normalized spacial score (nSPS) is 11.1. The Morgan fingerprint density at radius 2 is 2.05 bits per heavy atom. The number of carbonyl (C=O) groups excluding carboxylic acids is 2. The first-order chi connectivity index (χ1) is 8.88. The second-order valence-electron chi connectivity index (χ2n) is 5.25. The molecule has 0 aliphatic heterocycles. The topological polar surface area (TPSA) is 73.2 Å². The van der Waals surface area contributed by atoms with Gasteiger partial charge in [0.25, 0.3) is 0 Å². The first-order valence-electron chi connectivity index (χ1n) is 6.36. The largest absolute Gasteiger partial charge is 0.444 e. The van der Waals surface area contributed by atoms with Crippen LogP contribution in [0.15, 0.2) is 18.7 Å². The summed E-state index contributed by atoms with van der Waals surface area (Å²) in [5.41, 5.74) is -0.485. The van der Waals surface area contributed by atoms with E-state index >= 15 is 0 Å². The molecule has 6 heteroatoms. The highest BCUT2D eigenvalue weighted by Crippen LogP contribution is 2.06. The monoisotopic (exact) mass is 267 g/mol. The number of amides is 1. The highest BCUT2D eigenvalue weighted by molar-refractivity contribution is 5.78. The standard InChI is InChI=1S/C13H21N3O3/c1-13(2,3)19-12(18)15-7-5-4-6-11(17)16-9-8-14-10-16/h8-10H,4-7H2,1-3H3,(H,15,18). The van der Waals surface area contributed by atoms with Crippen LogP contribution in [0, 0.1) is 0 Å². The van der Waals surface area contributed by atoms with Crippen molar-refractivity contribution >= 4 is 12.0 Å². The lowest BCUT2D eigenvalue weighted by Crippen LogP contribution is -2.33. The Bertz CT molecular complexity index is 407. The van der Waals surface area contributed by atoms with E-state index in [1.807, 2.05) is 20.8 Å². The summed E-state index contributed by atoms with van der Waals surface area (Å²) in [6, 6.07) is 0. The van der Waals surface area contributed by atoms with E-state index < -0.39 is 11.7 Å². The molecule has 0 aliphatic carbocycles. The number of nitrogens with one attached hydrogen (secondary N) is 1. The molecule has 0 atom stereocenters. The van der Waals surface area contributed by atoms with Crippen LogP contribution in [0.3, 0.4) is 0 Å². The number of alkyl carbamates (subject to hydrolysis) is 1. The van der Waals surface area contributed by atoms with E-state index in [2.05, 4.69) is 10.3 Å². The van der Waals surface area contributed by atoms with E-state index in [1.165, 1.54) is 10.9 Å². The first-order valence-corrected chi connectivity index (χ1v) is 6.36. The van der Waals surface area contributed by atoms with E-state index in [-0.39, 0.29) is 5.91 Å². The van der Waals surface area contributed by atoms with Gasteiger partial charge in [-0.3, -0.25) is 9.36 Å². The van der Waals surface area contributed by atoms with Crippen molar-refractivity contribution < 1.29 is 14.3 Å². The third-order valence-corrected chi connectivity index (χ3v) is 2.28. The molecular weight excluding hydrogens is 246 g/mol. The molecule has 0 saturated heterocycles. The fourth-order valence-electron chi connectivity index (χ4n) is 1.44. The van der Waals surface area contributed by atoms with Gasteiger partial charge in [-0.05, 0) is 33.6 Å². The summed E-state index contributed by atoms with van der Waals surface area (Å²) in [6.07, 6.45) is 6.15. The van der Waals surface area contributed by atoms with Gasteiger partial charge in [0, 0.05) is 25.4 Å². The van der Waals surface area contributed by atoms with Gasteiger partial charge < -0.3 is 10.1 Å². The Labute approximate surface area is 113 Å². The average molecular weight is 267 g/mol. The lowest BCUT2D eigenvalue weighted by Gasteiger charge is -2.19. The molecule has 1 aromatic rings. The SMILES string of the molecule is CC(C)(C)OC(=O)NCCCCC(=O)n1ccnc1. The third-order valence-electron chi connectivity index (χ3n) is 2.28. The molecule has 1 N–H and O–H groups in total. The number of rotatable bonds is 5. The molecule has 1 aromatic heterocycles. The lowest BCUT2D eigenvalue weighted by atomic mass is 10.2. The maximum Gasteiger partial charge on any atom is 0.407 e. The summed E-state index contributed by atoms with van der Waals surface area (Å²) in [5.74, 6) is 0.00904. The Morgan fingerprint density at radius 1 is 1.32 bits per heavy atom. The van der Waals surface area contributed by atoms with E-state index in [9.17, 15) is 9.59 Å². The molecule has 1 heterocycles. The summed E-state index contributed by atoms with van der Waals surface area (Å²) in [7, 11) is 0. The quantitative estimate of drug-likeness (QED) is 0.830. The molecule has 1 amide bonds. The molecule has 0 aromatic carbocycles. The molecule has 0 unspecified atom stereocenters. The maximum absolute atomic E-state index is 11.6. The van der Waals surface area contributed by atoms with Gasteiger partial charge in [0.2, 0.25) is 5.91 Å². The number of hydrogen-bond donors (Lipinski definition) is 1. The van der Waals surface area contributed by atoms with Crippen LogP contribution in [0.4, 0.5) is 4.79 Å². The summed E-state index contributed by atoms with van der Waals surface area (Å²) in [5, 5.41) is 2.66. The number of aromatic nitrogens is 2. The first kappa shape index (κ1) is 15.2. The lowest BCUT2D eigenvalue weighted by molar-refractivity contribution is 0.0527. The van der Waals surface area contributed by atoms with Gasteiger partial charge in [0.1, 0.15) is 11.9 Å². The molecule has 6 nitrogen and oxygen atoms in total. The van der Waals surface area contributed by atoms with Crippen LogP contribution >= 0.6 is 0 Å². The second kappa shape index (κ2) is 6.92. The Morgan fingerprint density at radius 3 is 2.63 bits per heavy atom. The molecule has 0 fully saturated rings. The van der Waals surface area contributed by atoms with E-state index in [1.54, 1.807) is 12.4 Å². The molecule has 0 aliphatic rings. The van der Waals surface area contributed by atoms with Crippen LogP contribution in [0.25, 0.3) is 0 Å². The molecule has 19 heavy (non-hydrogen) atoms. The molecule has 0 spiro atoms. The van der Waals surface area contributed by atoms with Gasteiger partial charge in [-0.2, -0.15) is 0 Å². The van der Waals surface area contributed by atoms with Gasteiger partial charge in [-0.1, -0.05) is 0 Å². The van der Waals surface area contributed by atoms with E-state index in [4.69, 9.17) is 4.74 Å². The number of carbonyl (C=O) groups is 2. The molecule has 106 valence electrons.